The monoisotopic (exact) mass is 340 g/mol. The number of carbonyl (C=O) groups is 2. The molecule has 0 saturated carbocycles. The fourth-order valence-electron chi connectivity index (χ4n) is 2.30. The number of nitrogens with one attached hydrogen (secondary N) is 1. The number of thiazole rings is 1. The van der Waals surface area contributed by atoms with Crippen LogP contribution >= 0.6 is 11.3 Å². The van der Waals surface area contributed by atoms with Crippen molar-refractivity contribution in [3.8, 4) is 0 Å². The zero-order valence-corrected chi connectivity index (χ0v) is 13.8. The largest absolute Gasteiger partial charge is 0.366 e. The molecule has 1 heterocycles. The summed E-state index contributed by atoms with van der Waals surface area (Å²) in [6, 6.07) is 14.5. The van der Waals surface area contributed by atoms with Crippen molar-refractivity contribution < 1.29 is 9.59 Å². The highest BCUT2D eigenvalue weighted by Crippen LogP contribution is 2.27. The third-order valence-electron chi connectivity index (χ3n) is 3.46. The highest BCUT2D eigenvalue weighted by atomic mass is 32.1. The maximum atomic E-state index is 12.3. The lowest BCUT2D eigenvalue weighted by Crippen LogP contribution is -2.30. The van der Waals surface area contributed by atoms with Gasteiger partial charge in [0.2, 0.25) is 5.91 Å². The molecule has 2 aromatic carbocycles. The van der Waals surface area contributed by atoms with Gasteiger partial charge < -0.3 is 16.0 Å². The van der Waals surface area contributed by atoms with Crippen LogP contribution in [0.1, 0.15) is 10.4 Å². The van der Waals surface area contributed by atoms with E-state index >= 15 is 0 Å². The quantitative estimate of drug-likeness (QED) is 0.747. The molecule has 0 spiro atoms. The SMILES string of the molecule is CN(CC(=O)Nc1ccccc1C(N)=O)c1nc2ccccc2s1. The molecule has 0 bridgehead atoms. The molecule has 2 amide bonds. The van der Waals surface area contributed by atoms with Gasteiger partial charge in [0.1, 0.15) is 0 Å². The zero-order valence-electron chi connectivity index (χ0n) is 13.0. The predicted molar refractivity (Wildman–Crippen MR) is 96.5 cm³/mol. The van der Waals surface area contributed by atoms with Gasteiger partial charge in [-0.2, -0.15) is 0 Å². The second-order valence-electron chi connectivity index (χ2n) is 5.28. The average molecular weight is 340 g/mol. The van der Waals surface area contributed by atoms with Crippen molar-refractivity contribution in [2.75, 3.05) is 23.8 Å². The van der Waals surface area contributed by atoms with Gasteiger partial charge in [-0.25, -0.2) is 4.98 Å². The Morgan fingerprint density at radius 3 is 2.62 bits per heavy atom. The van der Waals surface area contributed by atoms with Crippen LogP contribution in [0.2, 0.25) is 0 Å². The molecule has 3 rings (SSSR count). The number of hydrogen-bond donors (Lipinski definition) is 2. The Labute approximate surface area is 142 Å². The first-order valence-electron chi connectivity index (χ1n) is 7.30. The van der Waals surface area contributed by atoms with E-state index in [9.17, 15) is 9.59 Å². The van der Waals surface area contributed by atoms with E-state index in [4.69, 9.17) is 5.73 Å². The lowest BCUT2D eigenvalue weighted by Gasteiger charge is -2.16. The topological polar surface area (TPSA) is 88.3 Å². The van der Waals surface area contributed by atoms with Crippen molar-refractivity contribution in [3.05, 3.63) is 54.1 Å². The van der Waals surface area contributed by atoms with Crippen LogP contribution in [0.4, 0.5) is 10.8 Å². The summed E-state index contributed by atoms with van der Waals surface area (Å²) in [5, 5.41) is 3.48. The first-order valence-corrected chi connectivity index (χ1v) is 8.11. The van der Waals surface area contributed by atoms with E-state index in [1.807, 2.05) is 24.3 Å². The molecule has 6 nitrogen and oxygen atoms in total. The summed E-state index contributed by atoms with van der Waals surface area (Å²) in [4.78, 5) is 29.9. The van der Waals surface area contributed by atoms with Gasteiger partial charge in [-0.05, 0) is 24.3 Å². The molecule has 24 heavy (non-hydrogen) atoms. The summed E-state index contributed by atoms with van der Waals surface area (Å²) in [7, 11) is 1.80. The lowest BCUT2D eigenvalue weighted by molar-refractivity contribution is -0.114. The van der Waals surface area contributed by atoms with Crippen LogP contribution in [0.3, 0.4) is 0 Å². The molecule has 122 valence electrons. The molecule has 0 radical (unpaired) electrons. The summed E-state index contributed by atoms with van der Waals surface area (Å²) in [5.74, 6) is -0.823. The first-order chi connectivity index (χ1) is 11.5. The van der Waals surface area contributed by atoms with Gasteiger partial charge in [0.25, 0.3) is 5.91 Å². The molecule has 3 aromatic rings. The minimum absolute atomic E-state index is 0.118. The van der Waals surface area contributed by atoms with Crippen LogP contribution in [0.15, 0.2) is 48.5 Å². The van der Waals surface area contributed by atoms with Gasteiger partial charge in [-0.1, -0.05) is 35.6 Å². The second kappa shape index (κ2) is 6.67. The van der Waals surface area contributed by atoms with Gasteiger partial charge in [-0.15, -0.1) is 0 Å². The minimum Gasteiger partial charge on any atom is -0.366 e. The number of nitrogens with zero attached hydrogens (tertiary/aromatic N) is 2. The highest BCUT2D eigenvalue weighted by Gasteiger charge is 2.14. The molecule has 3 N–H and O–H groups in total. The molecule has 0 saturated heterocycles. The Balaban J connectivity index is 1.71. The number of primary amides is 1. The Bertz CT molecular complexity index is 873. The summed E-state index contributed by atoms with van der Waals surface area (Å²) >= 11 is 1.52. The lowest BCUT2D eigenvalue weighted by atomic mass is 10.1. The van der Waals surface area contributed by atoms with E-state index in [0.29, 0.717) is 5.69 Å². The number of rotatable bonds is 5. The number of aromatic nitrogens is 1. The number of amides is 2. The zero-order chi connectivity index (χ0) is 17.1. The van der Waals surface area contributed by atoms with Crippen molar-refractivity contribution in [1.82, 2.24) is 4.98 Å². The summed E-state index contributed by atoms with van der Waals surface area (Å²) in [6.45, 7) is 0.118. The van der Waals surface area contributed by atoms with Gasteiger partial charge in [0, 0.05) is 7.05 Å². The number of hydrogen-bond acceptors (Lipinski definition) is 5. The number of fused-ring (bicyclic) bond motifs is 1. The standard InChI is InChI=1S/C17H16N4O2S/c1-21(17-20-13-8-4-5-9-14(13)24-17)10-15(22)19-12-7-3-2-6-11(12)16(18)23/h2-9H,10H2,1H3,(H2,18,23)(H,19,22). The van der Waals surface area contributed by atoms with Gasteiger partial charge in [-0.3, -0.25) is 9.59 Å². The van der Waals surface area contributed by atoms with Crippen LogP contribution < -0.4 is 16.0 Å². The molecule has 0 aliphatic rings. The van der Waals surface area contributed by atoms with Crippen molar-refractivity contribution in [3.63, 3.8) is 0 Å². The molecule has 7 heteroatoms. The van der Waals surface area contributed by atoms with Crippen LogP contribution in [0.5, 0.6) is 0 Å². The number of nitrogens with two attached hydrogens (primary N) is 1. The molecule has 0 unspecified atom stereocenters. The van der Waals surface area contributed by atoms with Crippen LogP contribution in [0, 0.1) is 0 Å². The molecular formula is C17H16N4O2S. The average Bonchev–Trinajstić information content (AvgIpc) is 2.99. The number of likely N-dealkylation sites (N-methyl/N-ethyl adjacent to an activating group) is 1. The minimum atomic E-state index is -0.578. The van der Waals surface area contributed by atoms with E-state index in [-0.39, 0.29) is 18.0 Å². The first kappa shape index (κ1) is 15.9. The fraction of sp³-hybridized carbons (Fsp3) is 0.118. The van der Waals surface area contributed by atoms with E-state index in [2.05, 4.69) is 10.3 Å². The Hall–Kier alpha value is -2.93. The number of anilines is 2. The number of benzene rings is 2. The summed E-state index contributed by atoms with van der Waals surface area (Å²) in [5.41, 5.74) is 6.92. The smallest absolute Gasteiger partial charge is 0.250 e. The highest BCUT2D eigenvalue weighted by molar-refractivity contribution is 7.22. The molecule has 0 fully saturated rings. The third kappa shape index (κ3) is 3.36. The predicted octanol–water partition coefficient (Wildman–Crippen LogP) is 2.47. The Morgan fingerprint density at radius 2 is 1.88 bits per heavy atom. The van der Waals surface area contributed by atoms with E-state index in [1.165, 1.54) is 11.3 Å². The van der Waals surface area contributed by atoms with E-state index in [0.717, 1.165) is 15.3 Å². The molecule has 1 aromatic heterocycles. The van der Waals surface area contributed by atoms with Crippen LogP contribution in [-0.2, 0) is 4.79 Å². The Morgan fingerprint density at radius 1 is 1.17 bits per heavy atom. The van der Waals surface area contributed by atoms with Crippen molar-refractivity contribution in [2.24, 2.45) is 5.73 Å². The molecule has 0 atom stereocenters. The van der Waals surface area contributed by atoms with Gasteiger partial charge in [0.05, 0.1) is 28.0 Å². The number of carbonyl (C=O) groups excluding carboxylic acids is 2. The van der Waals surface area contributed by atoms with Crippen molar-refractivity contribution in [2.45, 2.75) is 0 Å². The van der Waals surface area contributed by atoms with Crippen molar-refractivity contribution in [1.29, 1.82) is 0 Å². The second-order valence-corrected chi connectivity index (χ2v) is 6.29. The summed E-state index contributed by atoms with van der Waals surface area (Å²) in [6.07, 6.45) is 0. The van der Waals surface area contributed by atoms with Crippen molar-refractivity contribution >= 4 is 44.2 Å². The maximum Gasteiger partial charge on any atom is 0.250 e. The molecule has 0 aliphatic heterocycles. The fourth-order valence-corrected chi connectivity index (χ4v) is 3.23. The van der Waals surface area contributed by atoms with Crippen LogP contribution in [-0.4, -0.2) is 30.4 Å². The van der Waals surface area contributed by atoms with Gasteiger partial charge >= 0.3 is 0 Å². The summed E-state index contributed by atoms with van der Waals surface area (Å²) < 4.78 is 1.07. The van der Waals surface area contributed by atoms with Gasteiger partial charge in [0.15, 0.2) is 5.13 Å². The normalized spacial score (nSPS) is 10.5. The number of para-hydroxylation sites is 2. The van der Waals surface area contributed by atoms with Crippen LogP contribution in [0.25, 0.3) is 10.2 Å². The molecule has 0 aliphatic carbocycles. The third-order valence-corrected chi connectivity index (χ3v) is 4.61. The Kier molecular flexibility index (Phi) is 4.43. The maximum absolute atomic E-state index is 12.3. The van der Waals surface area contributed by atoms with E-state index < -0.39 is 5.91 Å². The van der Waals surface area contributed by atoms with E-state index in [1.54, 1.807) is 36.2 Å². The molecular weight excluding hydrogens is 324 g/mol.